The molecule has 6 rings (SSSR count). The average Bonchev–Trinajstić information content (AvgIpc) is 3.69. The van der Waals surface area contributed by atoms with Gasteiger partial charge in [-0.25, -0.2) is 15.0 Å². The van der Waals surface area contributed by atoms with Crippen LogP contribution in [-0.4, -0.2) is 46.4 Å². The summed E-state index contributed by atoms with van der Waals surface area (Å²) in [4.78, 5) is 39.8. The molecule has 46 heavy (non-hydrogen) atoms. The summed E-state index contributed by atoms with van der Waals surface area (Å²) >= 11 is 0. The minimum absolute atomic E-state index is 0.0174. The average molecular weight is 621 g/mol. The Hall–Kier alpha value is -4.79. The molecule has 6 aliphatic rings. The van der Waals surface area contributed by atoms with E-state index in [1.165, 1.54) is 7.11 Å². The number of hydrogen-bond donors (Lipinski definition) is 3. The third-order valence-corrected chi connectivity index (χ3v) is 10.1. The fourth-order valence-electron chi connectivity index (χ4n) is 7.48. The van der Waals surface area contributed by atoms with E-state index in [2.05, 4.69) is 32.7 Å². The van der Waals surface area contributed by atoms with Crippen LogP contribution < -0.4 is 5.32 Å². The van der Waals surface area contributed by atoms with Crippen molar-refractivity contribution in [2.24, 2.45) is 32.7 Å². The molecule has 9 heteroatoms. The number of aliphatic hydroxyl groups is 1. The minimum atomic E-state index is -0.874. The number of carbonyl (C=O) groups excluding carboxylic acids is 1. The number of nitrogens with one attached hydrogen (secondary N) is 1. The summed E-state index contributed by atoms with van der Waals surface area (Å²) in [6.07, 6.45) is 9.28. The highest BCUT2D eigenvalue weighted by molar-refractivity contribution is 6.20. The highest BCUT2D eigenvalue weighted by Gasteiger charge is 2.43. The topological polar surface area (TPSA) is 133 Å². The van der Waals surface area contributed by atoms with Gasteiger partial charge in [0.05, 0.1) is 47.8 Å². The van der Waals surface area contributed by atoms with Gasteiger partial charge >= 0.3 is 11.9 Å². The zero-order valence-electron chi connectivity index (χ0n) is 27.2. The van der Waals surface area contributed by atoms with Crippen molar-refractivity contribution in [2.45, 2.75) is 66.7 Å². The maximum absolute atomic E-state index is 12.7. The molecule has 9 nitrogen and oxygen atoms in total. The Bertz CT molecular complexity index is 1850. The predicted octanol–water partition coefficient (Wildman–Crippen LogP) is 6.89. The normalized spacial score (nSPS) is 25.3. The van der Waals surface area contributed by atoms with Gasteiger partial charge in [0.2, 0.25) is 0 Å². The lowest BCUT2D eigenvalue weighted by atomic mass is 9.75. The maximum atomic E-state index is 12.7. The van der Waals surface area contributed by atoms with Crippen LogP contribution in [0.25, 0.3) is 0 Å². The van der Waals surface area contributed by atoms with E-state index >= 15 is 0 Å². The van der Waals surface area contributed by atoms with Gasteiger partial charge in [0.25, 0.3) is 0 Å². The Balaban J connectivity index is 1.67. The van der Waals surface area contributed by atoms with E-state index in [9.17, 15) is 19.8 Å². The van der Waals surface area contributed by atoms with Gasteiger partial charge in [-0.3, -0.25) is 9.59 Å². The predicted molar refractivity (Wildman–Crippen MR) is 179 cm³/mol. The molecule has 0 saturated carbocycles. The van der Waals surface area contributed by atoms with Gasteiger partial charge in [0.1, 0.15) is 5.76 Å². The van der Waals surface area contributed by atoms with Crippen LogP contribution in [-0.2, 0) is 14.3 Å². The SMILES string of the molecule is C=CC1=C(C)C2=NC1=CC1=NC(=CC3=C(C)C4=C(O)CC(CC(=O)OC)C(=C5NC(=C2)C(C)[C@@H]5CCC(=O)O)C4=N3)C(CC)=C1C. The molecule has 8 bridgehead atoms. The molecule has 0 aromatic rings. The van der Waals surface area contributed by atoms with E-state index in [0.29, 0.717) is 23.4 Å². The molecule has 5 heterocycles. The number of carboxylic acid groups (broad SMARTS) is 1. The summed E-state index contributed by atoms with van der Waals surface area (Å²) in [5.41, 5.74) is 12.7. The summed E-state index contributed by atoms with van der Waals surface area (Å²) in [6, 6.07) is 0. The quantitative estimate of drug-likeness (QED) is 0.266. The number of carboxylic acids is 1. The Morgan fingerprint density at radius 1 is 1.07 bits per heavy atom. The summed E-state index contributed by atoms with van der Waals surface area (Å²) in [6.45, 7) is 14.3. The third-order valence-electron chi connectivity index (χ3n) is 10.1. The second-order valence-electron chi connectivity index (χ2n) is 12.6. The fraction of sp³-hybridized carbons (Fsp3) is 0.378. The standard InChI is InChI=1S/C37H40N4O5/c1-8-22-17(3)25-14-27-19(5)24(10-11-32(43)44)36(40-27)35-21(13-33(45)46-7)12-31(42)34-20(6)28(41-37(34)35)16-30-23(9-2)18(4)26(39-30)15-29(22)38-25/h8,14-16,19,21,24,40,42H,1,9-13H2,2-7H3,(H,43,44)/t19?,21?,24-/m0/s1. The zero-order chi connectivity index (χ0) is 33.0. The summed E-state index contributed by atoms with van der Waals surface area (Å²) in [5, 5.41) is 24.8. The Morgan fingerprint density at radius 2 is 1.78 bits per heavy atom. The molecule has 0 amide bonds. The van der Waals surface area contributed by atoms with Gasteiger partial charge < -0.3 is 20.3 Å². The van der Waals surface area contributed by atoms with Crippen molar-refractivity contribution in [3.8, 4) is 0 Å². The number of esters is 1. The number of hydrogen-bond acceptors (Lipinski definition) is 8. The number of aliphatic carboxylic acids is 1. The van der Waals surface area contributed by atoms with Gasteiger partial charge in [-0.05, 0) is 74.1 Å². The van der Waals surface area contributed by atoms with Crippen LogP contribution in [0.2, 0.25) is 0 Å². The first kappa shape index (κ1) is 31.2. The molecule has 1 aliphatic carbocycles. The van der Waals surface area contributed by atoms with Gasteiger partial charge in [-0.1, -0.05) is 26.5 Å². The number of methoxy groups -OCH3 is 1. The Labute approximate surface area is 269 Å². The van der Waals surface area contributed by atoms with Gasteiger partial charge in [0, 0.05) is 58.7 Å². The lowest BCUT2D eigenvalue weighted by Gasteiger charge is -2.30. The summed E-state index contributed by atoms with van der Waals surface area (Å²) in [5.74, 6) is -1.79. The lowest BCUT2D eigenvalue weighted by Crippen LogP contribution is -2.29. The molecule has 1 fully saturated rings. The Morgan fingerprint density at radius 3 is 2.46 bits per heavy atom. The monoisotopic (exact) mass is 620 g/mol. The van der Waals surface area contributed by atoms with Gasteiger partial charge in [-0.2, -0.15) is 0 Å². The van der Waals surface area contributed by atoms with Crippen molar-refractivity contribution in [3.63, 3.8) is 0 Å². The summed E-state index contributed by atoms with van der Waals surface area (Å²) < 4.78 is 5.08. The number of aliphatic hydroxyl groups excluding tert-OH is 1. The molecular formula is C37H40N4O5. The number of allylic oxidation sites excluding steroid dienone is 13. The zero-order valence-corrected chi connectivity index (χ0v) is 27.2. The first-order valence-corrected chi connectivity index (χ1v) is 15.9. The van der Waals surface area contributed by atoms with E-state index < -0.39 is 17.9 Å². The van der Waals surface area contributed by atoms with E-state index in [1.54, 1.807) is 0 Å². The van der Waals surface area contributed by atoms with E-state index in [4.69, 9.17) is 19.7 Å². The number of carbonyl (C=O) groups is 2. The first-order chi connectivity index (χ1) is 22.0. The number of ether oxygens (including phenoxy) is 1. The highest BCUT2D eigenvalue weighted by atomic mass is 16.5. The molecule has 238 valence electrons. The molecule has 0 aromatic heterocycles. The van der Waals surface area contributed by atoms with Crippen LogP contribution in [0.3, 0.4) is 0 Å². The molecule has 0 radical (unpaired) electrons. The smallest absolute Gasteiger partial charge is 0.306 e. The second kappa shape index (κ2) is 11.9. The molecule has 0 aromatic carbocycles. The molecule has 0 spiro atoms. The van der Waals surface area contributed by atoms with E-state index in [0.717, 1.165) is 74.1 Å². The first-order valence-electron chi connectivity index (χ1n) is 15.9. The van der Waals surface area contributed by atoms with E-state index in [1.807, 2.05) is 38.2 Å². The van der Waals surface area contributed by atoms with Crippen molar-refractivity contribution < 1.29 is 24.5 Å². The molecule has 3 N–H and O–H groups in total. The van der Waals surface area contributed by atoms with Crippen LogP contribution in [0, 0.1) is 17.8 Å². The molecule has 5 aliphatic heterocycles. The lowest BCUT2D eigenvalue weighted by molar-refractivity contribution is -0.141. The van der Waals surface area contributed by atoms with E-state index in [-0.39, 0.29) is 36.9 Å². The van der Waals surface area contributed by atoms with Crippen molar-refractivity contribution in [3.05, 3.63) is 104 Å². The van der Waals surface area contributed by atoms with Gasteiger partial charge in [-0.15, -0.1) is 0 Å². The van der Waals surface area contributed by atoms with Crippen molar-refractivity contribution in [2.75, 3.05) is 7.11 Å². The molecule has 1 saturated heterocycles. The Kier molecular flexibility index (Phi) is 8.04. The minimum Gasteiger partial charge on any atom is -0.512 e. The maximum Gasteiger partial charge on any atom is 0.306 e. The third kappa shape index (κ3) is 5.07. The number of rotatable bonds is 7. The second-order valence-corrected chi connectivity index (χ2v) is 12.6. The van der Waals surface area contributed by atoms with Crippen LogP contribution in [0.15, 0.2) is 119 Å². The summed E-state index contributed by atoms with van der Waals surface area (Å²) in [7, 11) is 1.36. The number of nitrogens with zero attached hydrogens (tertiary/aromatic N) is 3. The van der Waals surface area contributed by atoms with Crippen molar-refractivity contribution in [1.29, 1.82) is 0 Å². The van der Waals surface area contributed by atoms with Crippen LogP contribution in [0.5, 0.6) is 0 Å². The number of aliphatic imine (C=N–C) groups is 3. The molecular weight excluding hydrogens is 580 g/mol. The van der Waals surface area contributed by atoms with Crippen molar-refractivity contribution in [1.82, 2.24) is 5.32 Å². The highest BCUT2D eigenvalue weighted by Crippen LogP contribution is 2.48. The largest absolute Gasteiger partial charge is 0.512 e. The van der Waals surface area contributed by atoms with Crippen molar-refractivity contribution >= 4 is 29.1 Å². The fourth-order valence-corrected chi connectivity index (χ4v) is 7.48. The van der Waals surface area contributed by atoms with Crippen LogP contribution in [0.1, 0.15) is 66.7 Å². The number of fused-ring (bicyclic) bond motifs is 5. The molecule has 2 unspecified atom stereocenters. The van der Waals surface area contributed by atoms with Gasteiger partial charge in [0.15, 0.2) is 0 Å². The van der Waals surface area contributed by atoms with Crippen LogP contribution >= 0.6 is 0 Å². The molecule has 3 atom stereocenters. The van der Waals surface area contributed by atoms with Crippen LogP contribution in [0.4, 0.5) is 0 Å².